The predicted molar refractivity (Wildman–Crippen MR) is 144 cm³/mol. The molecule has 0 bridgehead atoms. The fraction of sp³-hybridized carbons (Fsp3) is 0.407. The van der Waals surface area contributed by atoms with E-state index in [1.807, 2.05) is 19.1 Å². The van der Waals surface area contributed by atoms with Crippen molar-refractivity contribution in [1.82, 2.24) is 13.8 Å². The van der Waals surface area contributed by atoms with Gasteiger partial charge < -0.3 is 4.90 Å². The van der Waals surface area contributed by atoms with Crippen molar-refractivity contribution in [3.8, 4) is 0 Å². The van der Waals surface area contributed by atoms with E-state index >= 15 is 0 Å². The maximum Gasteiger partial charge on any atom is 0.242 e. The molecule has 0 saturated carbocycles. The van der Waals surface area contributed by atoms with Gasteiger partial charge in [0.1, 0.15) is 0 Å². The van der Waals surface area contributed by atoms with E-state index in [0.29, 0.717) is 16.5 Å². The van der Waals surface area contributed by atoms with Crippen molar-refractivity contribution < 1.29 is 8.42 Å². The zero-order chi connectivity index (χ0) is 24.9. The van der Waals surface area contributed by atoms with Crippen LogP contribution in [-0.2, 0) is 16.6 Å². The summed E-state index contributed by atoms with van der Waals surface area (Å²) in [5, 5.41) is 1.53. The molecule has 0 aliphatic carbocycles. The Kier molecular flexibility index (Phi) is 8.99. The maximum absolute atomic E-state index is 12.7. The summed E-state index contributed by atoms with van der Waals surface area (Å²) in [5.41, 5.74) is 3.90. The lowest BCUT2D eigenvalue weighted by atomic mass is 10.0. The minimum atomic E-state index is -3.48. The van der Waals surface area contributed by atoms with Crippen LogP contribution in [0.4, 0.5) is 0 Å². The number of halogens is 1. The van der Waals surface area contributed by atoms with Crippen molar-refractivity contribution in [2.75, 3.05) is 39.0 Å². The van der Waals surface area contributed by atoms with E-state index in [1.54, 1.807) is 12.1 Å². The largest absolute Gasteiger partial charge is 0.304 e. The second-order valence-corrected chi connectivity index (χ2v) is 11.5. The smallest absolute Gasteiger partial charge is 0.242 e. The number of aromatic nitrogens is 1. The highest BCUT2D eigenvalue weighted by atomic mass is 35.5. The first-order chi connectivity index (χ1) is 16.1. The zero-order valence-corrected chi connectivity index (χ0v) is 22.2. The van der Waals surface area contributed by atoms with Crippen LogP contribution in [-0.4, -0.2) is 61.2 Å². The summed E-state index contributed by atoms with van der Waals surface area (Å²) in [7, 11) is -1.36. The summed E-state index contributed by atoms with van der Waals surface area (Å²) in [6.45, 7) is 14.6. The van der Waals surface area contributed by atoms with Crippen LogP contribution in [0.3, 0.4) is 0 Å². The Bertz CT molecular complexity index is 1210. The van der Waals surface area contributed by atoms with Crippen molar-refractivity contribution in [3.05, 3.63) is 83.0 Å². The van der Waals surface area contributed by atoms with Crippen LogP contribution in [0.15, 0.2) is 61.2 Å². The first-order valence-corrected chi connectivity index (χ1v) is 13.7. The Morgan fingerprint density at radius 1 is 1.06 bits per heavy atom. The SMILES string of the molecule is C=CCS(=O)(=O)n1c(C)c(CN2CCN(C)CC2)c2cc(Cl)ccc21.CC(C)c1ccccc1. The van der Waals surface area contributed by atoms with Gasteiger partial charge in [-0.05, 0) is 49.2 Å². The van der Waals surface area contributed by atoms with Gasteiger partial charge in [-0.15, -0.1) is 6.58 Å². The first-order valence-electron chi connectivity index (χ1n) is 11.7. The molecule has 1 aromatic heterocycles. The third kappa shape index (κ3) is 6.30. The van der Waals surface area contributed by atoms with Crippen molar-refractivity contribution in [1.29, 1.82) is 0 Å². The van der Waals surface area contributed by atoms with Crippen LogP contribution in [0, 0.1) is 6.92 Å². The second kappa shape index (κ2) is 11.5. The zero-order valence-electron chi connectivity index (χ0n) is 20.7. The second-order valence-electron chi connectivity index (χ2n) is 9.20. The summed E-state index contributed by atoms with van der Waals surface area (Å²) in [4.78, 5) is 4.67. The Morgan fingerprint density at radius 3 is 2.26 bits per heavy atom. The molecule has 184 valence electrons. The van der Waals surface area contributed by atoms with E-state index in [2.05, 4.69) is 61.5 Å². The van der Waals surface area contributed by atoms with Gasteiger partial charge in [0.05, 0.1) is 11.3 Å². The number of fused-ring (bicyclic) bond motifs is 1. The Morgan fingerprint density at radius 2 is 1.71 bits per heavy atom. The van der Waals surface area contributed by atoms with Crippen molar-refractivity contribution in [2.45, 2.75) is 33.2 Å². The molecule has 5 nitrogen and oxygen atoms in total. The standard InChI is InChI=1S/C18H24ClN3O2S.C9H12/c1-4-11-25(23,24)22-14(2)17(13-21-9-7-20(3)8-10-21)16-12-15(19)5-6-18(16)22;1-8(2)9-6-4-3-5-7-9/h4-6,12H,1,7-11,13H2,2-3H3;3-8H,1-2H3. The van der Waals surface area contributed by atoms with E-state index in [-0.39, 0.29) is 5.75 Å². The Labute approximate surface area is 209 Å². The van der Waals surface area contributed by atoms with Gasteiger partial charge in [0.15, 0.2) is 0 Å². The summed E-state index contributed by atoms with van der Waals surface area (Å²) >= 11 is 6.19. The molecule has 4 rings (SSSR count). The number of nitrogens with zero attached hydrogens (tertiary/aromatic N) is 3. The molecular formula is C27H36ClN3O2S. The average molecular weight is 502 g/mol. The molecule has 2 heterocycles. The Hall–Kier alpha value is -2.12. The van der Waals surface area contributed by atoms with Crippen molar-refractivity contribution in [3.63, 3.8) is 0 Å². The van der Waals surface area contributed by atoms with Gasteiger partial charge in [-0.1, -0.05) is 61.9 Å². The monoisotopic (exact) mass is 501 g/mol. The highest BCUT2D eigenvalue weighted by Crippen LogP contribution is 2.31. The number of rotatable bonds is 6. The summed E-state index contributed by atoms with van der Waals surface area (Å²) < 4.78 is 26.9. The molecule has 2 aromatic carbocycles. The van der Waals surface area contributed by atoms with E-state index < -0.39 is 10.0 Å². The number of benzene rings is 2. The van der Waals surface area contributed by atoms with Crippen LogP contribution in [0.2, 0.25) is 5.02 Å². The van der Waals surface area contributed by atoms with Gasteiger partial charge in [-0.25, -0.2) is 12.4 Å². The van der Waals surface area contributed by atoms with Crippen LogP contribution in [0.25, 0.3) is 10.9 Å². The molecule has 34 heavy (non-hydrogen) atoms. The lowest BCUT2D eigenvalue weighted by molar-refractivity contribution is 0.148. The van der Waals surface area contributed by atoms with Crippen LogP contribution >= 0.6 is 11.6 Å². The molecule has 3 aromatic rings. The maximum atomic E-state index is 12.7. The van der Waals surface area contributed by atoms with Gasteiger partial charge in [-0.3, -0.25) is 4.90 Å². The topological polar surface area (TPSA) is 45.6 Å². The number of hydrogen-bond donors (Lipinski definition) is 0. The van der Waals surface area contributed by atoms with Gasteiger partial charge in [0, 0.05) is 48.8 Å². The molecule has 0 spiro atoms. The highest BCUT2D eigenvalue weighted by Gasteiger charge is 2.24. The van der Waals surface area contributed by atoms with Gasteiger partial charge in [-0.2, -0.15) is 0 Å². The molecule has 1 aliphatic heterocycles. The summed E-state index contributed by atoms with van der Waals surface area (Å²) in [6.07, 6.45) is 1.43. The van der Waals surface area contributed by atoms with Crippen LogP contribution < -0.4 is 0 Å². The van der Waals surface area contributed by atoms with E-state index in [9.17, 15) is 8.42 Å². The van der Waals surface area contributed by atoms with Gasteiger partial charge in [0.2, 0.25) is 10.0 Å². The minimum absolute atomic E-state index is 0.0891. The number of piperazine rings is 1. The molecule has 0 amide bonds. The van der Waals surface area contributed by atoms with Crippen LogP contribution in [0.1, 0.15) is 36.6 Å². The molecule has 0 atom stereocenters. The van der Waals surface area contributed by atoms with Crippen molar-refractivity contribution >= 4 is 32.5 Å². The minimum Gasteiger partial charge on any atom is -0.304 e. The first kappa shape index (κ1) is 26.5. The number of hydrogen-bond acceptors (Lipinski definition) is 4. The Balaban J connectivity index is 0.000000302. The third-order valence-electron chi connectivity index (χ3n) is 6.29. The molecule has 1 aliphatic rings. The fourth-order valence-corrected chi connectivity index (χ4v) is 5.88. The molecule has 0 radical (unpaired) electrons. The average Bonchev–Trinajstić information content (AvgIpc) is 3.07. The molecule has 1 saturated heterocycles. The molecule has 1 fully saturated rings. The molecule has 0 unspecified atom stereocenters. The van der Waals surface area contributed by atoms with E-state index in [0.717, 1.165) is 49.4 Å². The van der Waals surface area contributed by atoms with E-state index in [4.69, 9.17) is 11.6 Å². The summed E-state index contributed by atoms with van der Waals surface area (Å²) in [5.74, 6) is 0.569. The molecule has 0 N–H and O–H groups in total. The van der Waals surface area contributed by atoms with E-state index in [1.165, 1.54) is 15.6 Å². The van der Waals surface area contributed by atoms with Gasteiger partial charge >= 0.3 is 0 Å². The lowest BCUT2D eigenvalue weighted by Gasteiger charge is -2.32. The third-order valence-corrected chi connectivity index (χ3v) is 8.21. The van der Waals surface area contributed by atoms with Gasteiger partial charge in [0.25, 0.3) is 0 Å². The van der Waals surface area contributed by atoms with Crippen LogP contribution in [0.5, 0.6) is 0 Å². The lowest BCUT2D eigenvalue weighted by Crippen LogP contribution is -2.43. The fourth-order valence-electron chi connectivity index (χ4n) is 4.27. The molecule has 7 heteroatoms. The molecular weight excluding hydrogens is 466 g/mol. The highest BCUT2D eigenvalue weighted by molar-refractivity contribution is 7.90. The predicted octanol–water partition coefficient (Wildman–Crippen LogP) is 5.52. The normalized spacial score (nSPS) is 15.4. The van der Waals surface area contributed by atoms with Crippen molar-refractivity contribution in [2.24, 2.45) is 0 Å². The summed E-state index contributed by atoms with van der Waals surface area (Å²) in [6, 6.07) is 15.9. The number of likely N-dealkylation sites (N-methyl/N-ethyl adjacent to an activating group) is 1. The quantitative estimate of drug-likeness (QED) is 0.417.